The molecule has 2 aromatic rings. The third-order valence-corrected chi connectivity index (χ3v) is 3.57. The van der Waals surface area contributed by atoms with Crippen LogP contribution < -0.4 is 0 Å². The highest BCUT2D eigenvalue weighted by atomic mass is 35.5. The fourth-order valence-corrected chi connectivity index (χ4v) is 2.52. The standard InChI is InChI=1S/C12H12ClNS/c1-2-11-8-14-12(15-11)7-9-4-3-5-10(13)6-9/h3-6,8H,2,7H2,1H3. The normalized spacial score (nSPS) is 10.5. The third kappa shape index (κ3) is 2.80. The van der Waals surface area contributed by atoms with E-state index in [4.69, 9.17) is 11.6 Å². The van der Waals surface area contributed by atoms with Crippen LogP contribution in [-0.4, -0.2) is 4.98 Å². The van der Waals surface area contributed by atoms with Gasteiger partial charge in [-0.15, -0.1) is 11.3 Å². The van der Waals surface area contributed by atoms with E-state index < -0.39 is 0 Å². The smallest absolute Gasteiger partial charge is 0.0971 e. The molecule has 0 saturated carbocycles. The lowest BCUT2D eigenvalue weighted by atomic mass is 10.2. The van der Waals surface area contributed by atoms with Crippen molar-refractivity contribution in [3.05, 3.63) is 50.9 Å². The van der Waals surface area contributed by atoms with E-state index in [9.17, 15) is 0 Å². The molecule has 0 N–H and O–H groups in total. The molecule has 1 aromatic heterocycles. The fourth-order valence-electron chi connectivity index (χ4n) is 1.41. The van der Waals surface area contributed by atoms with Crippen LogP contribution in [0.1, 0.15) is 22.4 Å². The predicted molar refractivity (Wildman–Crippen MR) is 65.8 cm³/mol. The topological polar surface area (TPSA) is 12.9 Å². The van der Waals surface area contributed by atoms with Gasteiger partial charge in [-0.1, -0.05) is 30.7 Å². The molecule has 3 heteroatoms. The van der Waals surface area contributed by atoms with Crippen molar-refractivity contribution in [2.24, 2.45) is 0 Å². The molecule has 1 aromatic carbocycles. The van der Waals surface area contributed by atoms with Crippen molar-refractivity contribution >= 4 is 22.9 Å². The molecule has 0 spiro atoms. The van der Waals surface area contributed by atoms with Crippen LogP contribution in [0.3, 0.4) is 0 Å². The largest absolute Gasteiger partial charge is 0.249 e. The zero-order chi connectivity index (χ0) is 10.7. The first-order chi connectivity index (χ1) is 7.28. The summed E-state index contributed by atoms with van der Waals surface area (Å²) in [6.07, 6.45) is 3.91. The molecular weight excluding hydrogens is 226 g/mol. The molecule has 0 bridgehead atoms. The number of benzene rings is 1. The van der Waals surface area contributed by atoms with Crippen molar-refractivity contribution < 1.29 is 0 Å². The summed E-state index contributed by atoms with van der Waals surface area (Å²) in [6, 6.07) is 7.95. The molecule has 15 heavy (non-hydrogen) atoms. The fraction of sp³-hybridized carbons (Fsp3) is 0.250. The van der Waals surface area contributed by atoms with Gasteiger partial charge in [0.05, 0.1) is 5.01 Å². The van der Waals surface area contributed by atoms with Crippen LogP contribution in [0.4, 0.5) is 0 Å². The summed E-state index contributed by atoms with van der Waals surface area (Å²) >= 11 is 7.71. The lowest BCUT2D eigenvalue weighted by Gasteiger charge is -1.97. The van der Waals surface area contributed by atoms with Crippen LogP contribution in [0.5, 0.6) is 0 Å². The molecule has 0 fully saturated rings. The number of aryl methyl sites for hydroxylation is 1. The van der Waals surface area contributed by atoms with E-state index in [0.717, 1.165) is 22.9 Å². The van der Waals surface area contributed by atoms with Crippen LogP contribution >= 0.6 is 22.9 Å². The molecule has 0 amide bonds. The van der Waals surface area contributed by atoms with E-state index in [1.807, 2.05) is 24.4 Å². The van der Waals surface area contributed by atoms with Crippen molar-refractivity contribution in [2.45, 2.75) is 19.8 Å². The van der Waals surface area contributed by atoms with Gasteiger partial charge in [-0.05, 0) is 24.1 Å². The van der Waals surface area contributed by atoms with E-state index >= 15 is 0 Å². The maximum absolute atomic E-state index is 5.93. The Kier molecular flexibility index (Phi) is 3.39. The summed E-state index contributed by atoms with van der Waals surface area (Å²) in [5, 5.41) is 1.95. The Hall–Kier alpha value is -0.860. The van der Waals surface area contributed by atoms with Gasteiger partial charge in [0.2, 0.25) is 0 Å². The highest BCUT2D eigenvalue weighted by Crippen LogP contribution is 2.19. The van der Waals surface area contributed by atoms with Gasteiger partial charge >= 0.3 is 0 Å². The van der Waals surface area contributed by atoms with Gasteiger partial charge in [0.15, 0.2) is 0 Å². The average Bonchev–Trinajstić information content (AvgIpc) is 2.65. The van der Waals surface area contributed by atoms with Crippen molar-refractivity contribution in [1.29, 1.82) is 0 Å². The van der Waals surface area contributed by atoms with Crippen molar-refractivity contribution in [3.8, 4) is 0 Å². The predicted octanol–water partition coefficient (Wildman–Crippen LogP) is 3.95. The summed E-state index contributed by atoms with van der Waals surface area (Å²) in [4.78, 5) is 5.73. The summed E-state index contributed by atoms with van der Waals surface area (Å²) < 4.78 is 0. The minimum absolute atomic E-state index is 0.791. The first-order valence-corrected chi connectivity index (χ1v) is 6.15. The number of halogens is 1. The maximum Gasteiger partial charge on any atom is 0.0971 e. The summed E-state index contributed by atoms with van der Waals surface area (Å²) in [7, 11) is 0. The van der Waals surface area contributed by atoms with Gasteiger partial charge in [0.25, 0.3) is 0 Å². The van der Waals surface area contributed by atoms with Crippen LogP contribution in [-0.2, 0) is 12.8 Å². The molecule has 0 aliphatic carbocycles. The Bertz CT molecular complexity index is 450. The van der Waals surface area contributed by atoms with Crippen molar-refractivity contribution in [2.75, 3.05) is 0 Å². The zero-order valence-corrected chi connectivity index (χ0v) is 10.1. The van der Waals surface area contributed by atoms with Gasteiger partial charge in [-0.2, -0.15) is 0 Å². The number of thiazole rings is 1. The van der Waals surface area contributed by atoms with E-state index in [-0.39, 0.29) is 0 Å². The molecule has 0 saturated heterocycles. The molecule has 1 heterocycles. The Labute approximate surface area is 98.7 Å². The van der Waals surface area contributed by atoms with Crippen molar-refractivity contribution in [1.82, 2.24) is 4.98 Å². The number of aromatic nitrogens is 1. The number of hydrogen-bond acceptors (Lipinski definition) is 2. The average molecular weight is 238 g/mol. The minimum atomic E-state index is 0.791. The lowest BCUT2D eigenvalue weighted by Crippen LogP contribution is -1.85. The molecular formula is C12H12ClNS. The second kappa shape index (κ2) is 4.77. The first kappa shape index (κ1) is 10.7. The summed E-state index contributed by atoms with van der Waals surface area (Å²) in [5.74, 6) is 0. The number of rotatable bonds is 3. The highest BCUT2D eigenvalue weighted by molar-refractivity contribution is 7.11. The molecule has 0 aliphatic rings. The highest BCUT2D eigenvalue weighted by Gasteiger charge is 2.02. The van der Waals surface area contributed by atoms with Gasteiger partial charge in [0.1, 0.15) is 0 Å². The quantitative estimate of drug-likeness (QED) is 0.788. The molecule has 2 rings (SSSR count). The van der Waals surface area contributed by atoms with Gasteiger partial charge in [0, 0.05) is 22.5 Å². The maximum atomic E-state index is 5.93. The molecule has 78 valence electrons. The van der Waals surface area contributed by atoms with Gasteiger partial charge in [-0.3, -0.25) is 0 Å². The molecule has 0 atom stereocenters. The van der Waals surface area contributed by atoms with Crippen LogP contribution in [0.2, 0.25) is 5.02 Å². The van der Waals surface area contributed by atoms with Gasteiger partial charge in [-0.25, -0.2) is 4.98 Å². The van der Waals surface area contributed by atoms with Crippen molar-refractivity contribution in [3.63, 3.8) is 0 Å². The summed E-state index contributed by atoms with van der Waals surface area (Å²) in [6.45, 7) is 2.15. The number of hydrogen-bond donors (Lipinski definition) is 0. The second-order valence-electron chi connectivity index (χ2n) is 3.38. The summed E-state index contributed by atoms with van der Waals surface area (Å²) in [5.41, 5.74) is 1.22. The Balaban J connectivity index is 2.14. The molecule has 1 nitrogen and oxygen atoms in total. The monoisotopic (exact) mass is 237 g/mol. The second-order valence-corrected chi connectivity index (χ2v) is 5.02. The minimum Gasteiger partial charge on any atom is -0.249 e. The zero-order valence-electron chi connectivity index (χ0n) is 8.53. The van der Waals surface area contributed by atoms with E-state index in [1.54, 1.807) is 11.3 Å². The first-order valence-electron chi connectivity index (χ1n) is 4.96. The van der Waals surface area contributed by atoms with Gasteiger partial charge < -0.3 is 0 Å². The lowest BCUT2D eigenvalue weighted by molar-refractivity contribution is 1.12. The Morgan fingerprint density at radius 1 is 1.40 bits per heavy atom. The Morgan fingerprint density at radius 2 is 2.27 bits per heavy atom. The van der Waals surface area contributed by atoms with E-state index in [1.165, 1.54) is 10.4 Å². The van der Waals surface area contributed by atoms with E-state index in [2.05, 4.69) is 18.0 Å². The van der Waals surface area contributed by atoms with E-state index in [0.29, 0.717) is 0 Å². The molecule has 0 aliphatic heterocycles. The molecule has 0 radical (unpaired) electrons. The molecule has 0 unspecified atom stereocenters. The third-order valence-electron chi connectivity index (χ3n) is 2.19. The Morgan fingerprint density at radius 3 is 2.93 bits per heavy atom. The number of nitrogens with zero attached hydrogens (tertiary/aromatic N) is 1. The van der Waals surface area contributed by atoms with Crippen LogP contribution in [0.15, 0.2) is 30.5 Å². The van der Waals surface area contributed by atoms with Crippen LogP contribution in [0.25, 0.3) is 0 Å². The SMILES string of the molecule is CCc1cnc(Cc2cccc(Cl)c2)s1. The van der Waals surface area contributed by atoms with Crippen LogP contribution in [0, 0.1) is 0 Å².